The van der Waals surface area contributed by atoms with E-state index in [9.17, 15) is 4.39 Å². The third kappa shape index (κ3) is 2.95. The summed E-state index contributed by atoms with van der Waals surface area (Å²) in [5, 5.41) is 0.119. The van der Waals surface area contributed by atoms with Gasteiger partial charge < -0.3 is 10.5 Å². The highest BCUT2D eigenvalue weighted by Gasteiger charge is 2.05. The number of rotatable bonds is 4. The molecular formula is C9H11ClFNO. The summed E-state index contributed by atoms with van der Waals surface area (Å²) in [6.45, 7) is 1.07. The van der Waals surface area contributed by atoms with Crippen molar-refractivity contribution in [2.75, 3.05) is 13.2 Å². The zero-order valence-electron chi connectivity index (χ0n) is 7.09. The first-order valence-electron chi connectivity index (χ1n) is 3.96. The van der Waals surface area contributed by atoms with Gasteiger partial charge in [0, 0.05) is 12.1 Å². The van der Waals surface area contributed by atoms with Crippen molar-refractivity contribution in [3.63, 3.8) is 0 Å². The lowest BCUT2D eigenvalue weighted by Crippen LogP contribution is -2.08. The average Bonchev–Trinajstić information content (AvgIpc) is 2.13. The molecule has 0 heterocycles. The van der Waals surface area contributed by atoms with E-state index in [1.807, 2.05) is 0 Å². The van der Waals surface area contributed by atoms with Gasteiger partial charge in [-0.15, -0.1) is 0 Å². The fourth-order valence-electron chi connectivity index (χ4n) is 0.925. The van der Waals surface area contributed by atoms with E-state index >= 15 is 0 Å². The monoisotopic (exact) mass is 203 g/mol. The van der Waals surface area contributed by atoms with Gasteiger partial charge in [-0.2, -0.15) is 0 Å². The second-order valence-electron chi connectivity index (χ2n) is 2.55. The summed E-state index contributed by atoms with van der Waals surface area (Å²) in [6, 6.07) is 4.83. The van der Waals surface area contributed by atoms with E-state index in [0.29, 0.717) is 18.7 Å². The molecule has 0 aliphatic heterocycles. The Morgan fingerprint density at radius 2 is 2.23 bits per heavy atom. The van der Waals surface area contributed by atoms with Crippen molar-refractivity contribution >= 4 is 11.6 Å². The predicted molar refractivity (Wildman–Crippen MR) is 50.1 cm³/mol. The summed E-state index contributed by atoms with van der Waals surface area (Å²) in [5.74, 6) is -0.416. The number of ether oxygens (including phenoxy) is 1. The number of nitrogens with two attached hydrogens (primary N) is 1. The van der Waals surface area contributed by atoms with Gasteiger partial charge in [0.1, 0.15) is 5.82 Å². The average molecular weight is 204 g/mol. The Bertz CT molecular complexity index is 280. The Kier molecular flexibility index (Phi) is 4.15. The molecule has 0 atom stereocenters. The maximum absolute atomic E-state index is 13.2. The van der Waals surface area contributed by atoms with Crippen molar-refractivity contribution in [2.45, 2.75) is 6.61 Å². The van der Waals surface area contributed by atoms with E-state index in [0.717, 1.165) is 0 Å². The molecule has 0 aliphatic rings. The minimum Gasteiger partial charge on any atom is -0.375 e. The lowest BCUT2D eigenvalue weighted by atomic mass is 10.2. The van der Waals surface area contributed by atoms with Crippen LogP contribution in [-0.2, 0) is 11.3 Å². The molecule has 1 aromatic carbocycles. The van der Waals surface area contributed by atoms with Crippen molar-refractivity contribution in [1.29, 1.82) is 0 Å². The van der Waals surface area contributed by atoms with Crippen LogP contribution in [0.5, 0.6) is 0 Å². The number of benzene rings is 1. The zero-order valence-corrected chi connectivity index (χ0v) is 7.85. The van der Waals surface area contributed by atoms with E-state index in [4.69, 9.17) is 22.1 Å². The number of hydrogen-bond acceptors (Lipinski definition) is 2. The molecule has 2 nitrogen and oxygen atoms in total. The molecule has 4 heteroatoms. The van der Waals surface area contributed by atoms with E-state index in [1.165, 1.54) is 6.07 Å². The Balaban J connectivity index is 2.61. The molecule has 0 saturated carbocycles. The standard InChI is InChI=1S/C9H11ClFNO/c10-8-3-1-2-7(9(8)11)6-13-5-4-12/h1-3H,4-6,12H2. The van der Waals surface area contributed by atoms with Crippen molar-refractivity contribution < 1.29 is 9.13 Å². The van der Waals surface area contributed by atoms with Crippen LogP contribution in [0.3, 0.4) is 0 Å². The molecule has 0 fully saturated rings. The first kappa shape index (κ1) is 10.4. The van der Waals surface area contributed by atoms with Crippen molar-refractivity contribution in [3.05, 3.63) is 34.6 Å². The molecule has 0 saturated heterocycles. The minimum absolute atomic E-state index is 0.119. The van der Waals surface area contributed by atoms with Crippen molar-refractivity contribution in [2.24, 2.45) is 5.73 Å². The van der Waals surface area contributed by atoms with Crippen LogP contribution in [0.1, 0.15) is 5.56 Å². The number of hydrogen-bond donors (Lipinski definition) is 1. The predicted octanol–water partition coefficient (Wildman–Crippen LogP) is 1.95. The molecule has 0 amide bonds. The minimum atomic E-state index is -0.416. The van der Waals surface area contributed by atoms with Crippen LogP contribution >= 0.6 is 11.6 Å². The molecule has 2 N–H and O–H groups in total. The first-order valence-corrected chi connectivity index (χ1v) is 4.34. The summed E-state index contributed by atoms with van der Waals surface area (Å²) in [6.07, 6.45) is 0. The van der Waals surface area contributed by atoms with Gasteiger partial charge in [-0.25, -0.2) is 4.39 Å². The lowest BCUT2D eigenvalue weighted by Gasteiger charge is -2.04. The highest BCUT2D eigenvalue weighted by molar-refractivity contribution is 6.30. The zero-order chi connectivity index (χ0) is 9.68. The maximum Gasteiger partial charge on any atom is 0.147 e. The molecule has 1 rings (SSSR count). The van der Waals surface area contributed by atoms with Gasteiger partial charge in [-0.3, -0.25) is 0 Å². The van der Waals surface area contributed by atoms with Crippen LogP contribution in [0, 0.1) is 5.82 Å². The summed E-state index contributed by atoms with van der Waals surface area (Å²) in [7, 11) is 0. The van der Waals surface area contributed by atoms with Crippen LogP contribution in [0.15, 0.2) is 18.2 Å². The lowest BCUT2D eigenvalue weighted by molar-refractivity contribution is 0.125. The van der Waals surface area contributed by atoms with Crippen LogP contribution in [0.2, 0.25) is 5.02 Å². The molecule has 0 radical (unpaired) electrons. The second kappa shape index (κ2) is 5.17. The largest absolute Gasteiger partial charge is 0.375 e. The van der Waals surface area contributed by atoms with Crippen LogP contribution in [0.25, 0.3) is 0 Å². The van der Waals surface area contributed by atoms with Crippen molar-refractivity contribution in [3.8, 4) is 0 Å². The molecule has 0 bridgehead atoms. The molecule has 13 heavy (non-hydrogen) atoms. The summed E-state index contributed by atoms with van der Waals surface area (Å²) in [5.41, 5.74) is 5.68. The summed E-state index contributed by atoms with van der Waals surface area (Å²) < 4.78 is 18.3. The van der Waals surface area contributed by atoms with E-state index in [-0.39, 0.29) is 11.6 Å². The molecule has 1 aromatic rings. The van der Waals surface area contributed by atoms with Crippen LogP contribution in [-0.4, -0.2) is 13.2 Å². The van der Waals surface area contributed by atoms with Gasteiger partial charge in [0.05, 0.1) is 18.2 Å². The van der Waals surface area contributed by atoms with E-state index < -0.39 is 5.82 Å². The third-order valence-electron chi connectivity index (χ3n) is 1.55. The van der Waals surface area contributed by atoms with Gasteiger partial charge in [-0.05, 0) is 6.07 Å². The SMILES string of the molecule is NCCOCc1cccc(Cl)c1F. The smallest absolute Gasteiger partial charge is 0.147 e. The Labute approximate surface area is 81.4 Å². The Morgan fingerprint density at radius 1 is 1.46 bits per heavy atom. The van der Waals surface area contributed by atoms with Gasteiger partial charge >= 0.3 is 0 Å². The Hall–Kier alpha value is -0.640. The molecule has 72 valence electrons. The quantitative estimate of drug-likeness (QED) is 0.760. The van der Waals surface area contributed by atoms with E-state index in [2.05, 4.69) is 0 Å². The fourth-order valence-corrected chi connectivity index (χ4v) is 1.12. The fraction of sp³-hybridized carbons (Fsp3) is 0.333. The van der Waals surface area contributed by atoms with Gasteiger partial charge in [0.2, 0.25) is 0 Å². The van der Waals surface area contributed by atoms with E-state index in [1.54, 1.807) is 12.1 Å². The summed E-state index contributed by atoms with van der Waals surface area (Å²) >= 11 is 5.57. The highest BCUT2D eigenvalue weighted by Crippen LogP contribution is 2.18. The molecule has 0 spiro atoms. The molecular weight excluding hydrogens is 193 g/mol. The van der Waals surface area contributed by atoms with Crippen LogP contribution in [0.4, 0.5) is 4.39 Å². The van der Waals surface area contributed by atoms with Gasteiger partial charge in [-0.1, -0.05) is 23.7 Å². The topological polar surface area (TPSA) is 35.2 Å². The van der Waals surface area contributed by atoms with Gasteiger partial charge in [0.25, 0.3) is 0 Å². The first-order chi connectivity index (χ1) is 6.25. The highest BCUT2D eigenvalue weighted by atomic mass is 35.5. The summed E-state index contributed by atoms with van der Waals surface area (Å²) in [4.78, 5) is 0. The molecule has 0 aromatic heterocycles. The van der Waals surface area contributed by atoms with Crippen molar-refractivity contribution in [1.82, 2.24) is 0 Å². The molecule has 0 unspecified atom stereocenters. The third-order valence-corrected chi connectivity index (χ3v) is 1.84. The van der Waals surface area contributed by atoms with Gasteiger partial charge in [0.15, 0.2) is 0 Å². The molecule has 0 aliphatic carbocycles. The second-order valence-corrected chi connectivity index (χ2v) is 2.96. The Morgan fingerprint density at radius 3 is 2.92 bits per heavy atom. The normalized spacial score (nSPS) is 10.4. The van der Waals surface area contributed by atoms with Crippen LogP contribution < -0.4 is 5.73 Å². The number of halogens is 2. The maximum atomic E-state index is 13.2.